The number of carbonyl (C=O) groups excluding carboxylic acids is 2. The highest BCUT2D eigenvalue weighted by molar-refractivity contribution is 5.75. The van der Waals surface area contributed by atoms with Crippen LogP contribution in [-0.4, -0.2) is 11.6 Å². The van der Waals surface area contributed by atoms with Crippen LogP contribution in [0.25, 0.3) is 0 Å². The fourth-order valence-electron chi connectivity index (χ4n) is 1.57. The number of Topliss-reactive ketones (excluding diaryl/α,β-unsaturated/α-hetero) is 2. The maximum absolute atomic E-state index is 10.7. The van der Waals surface area contributed by atoms with Crippen molar-refractivity contribution >= 4 is 11.6 Å². The Kier molecular flexibility index (Phi) is 11.5. The van der Waals surface area contributed by atoms with E-state index in [2.05, 4.69) is 24.3 Å². The monoisotopic (exact) mass is 250 g/mol. The Labute approximate surface area is 111 Å². The van der Waals surface area contributed by atoms with Gasteiger partial charge in [-0.1, -0.05) is 24.3 Å². The Balaban J connectivity index is 3.25. The first-order valence-corrected chi connectivity index (χ1v) is 6.92. The van der Waals surface area contributed by atoms with Crippen molar-refractivity contribution in [1.29, 1.82) is 0 Å². The molecule has 18 heavy (non-hydrogen) atoms. The molecule has 0 aromatic rings. The van der Waals surface area contributed by atoms with Gasteiger partial charge in [0.15, 0.2) is 0 Å². The zero-order chi connectivity index (χ0) is 13.6. The highest BCUT2D eigenvalue weighted by atomic mass is 16.1. The molecule has 0 amide bonds. The number of rotatable bonds is 11. The van der Waals surface area contributed by atoms with E-state index in [4.69, 9.17) is 0 Å². The summed E-state index contributed by atoms with van der Waals surface area (Å²) in [4.78, 5) is 21.4. The predicted molar refractivity (Wildman–Crippen MR) is 76.6 cm³/mol. The average molecular weight is 250 g/mol. The molecule has 0 saturated heterocycles. The van der Waals surface area contributed by atoms with Gasteiger partial charge in [0.05, 0.1) is 0 Å². The fraction of sp³-hybridized carbons (Fsp3) is 0.625. The quantitative estimate of drug-likeness (QED) is 0.402. The molecule has 0 aliphatic carbocycles. The summed E-state index contributed by atoms with van der Waals surface area (Å²) in [7, 11) is 0. The van der Waals surface area contributed by atoms with Gasteiger partial charge in [-0.2, -0.15) is 0 Å². The van der Waals surface area contributed by atoms with Gasteiger partial charge in [0.25, 0.3) is 0 Å². The minimum Gasteiger partial charge on any atom is -0.300 e. The summed E-state index contributed by atoms with van der Waals surface area (Å²) in [5.41, 5.74) is 0. The molecule has 2 nitrogen and oxygen atoms in total. The van der Waals surface area contributed by atoms with Crippen LogP contribution in [-0.2, 0) is 9.59 Å². The van der Waals surface area contributed by atoms with Crippen molar-refractivity contribution in [2.24, 2.45) is 0 Å². The molecule has 0 fully saturated rings. The molecule has 0 aliphatic heterocycles. The summed E-state index contributed by atoms with van der Waals surface area (Å²) >= 11 is 0. The average Bonchev–Trinajstić information content (AvgIpc) is 2.29. The molecular weight excluding hydrogens is 224 g/mol. The van der Waals surface area contributed by atoms with Crippen molar-refractivity contribution in [3.05, 3.63) is 24.3 Å². The minimum absolute atomic E-state index is 0.260. The smallest absolute Gasteiger partial charge is 0.130 e. The van der Waals surface area contributed by atoms with Crippen LogP contribution in [0, 0.1) is 0 Å². The second-order valence-electron chi connectivity index (χ2n) is 4.71. The summed E-state index contributed by atoms with van der Waals surface area (Å²) in [6.07, 6.45) is 16.2. The van der Waals surface area contributed by atoms with Crippen molar-refractivity contribution in [3.8, 4) is 0 Å². The van der Waals surface area contributed by atoms with Crippen LogP contribution in [0.2, 0.25) is 0 Å². The molecule has 0 N–H and O–H groups in total. The van der Waals surface area contributed by atoms with Gasteiger partial charge >= 0.3 is 0 Å². The van der Waals surface area contributed by atoms with E-state index in [9.17, 15) is 9.59 Å². The molecular formula is C16H26O2. The standard InChI is InChI=1S/C16H26O2/c1-15(17)13-11-9-7-5-3-4-6-8-10-12-14-16(2)18/h7-10H,3-6,11-14H2,1-2H3/b9-7+,10-8+. The third-order valence-corrected chi connectivity index (χ3v) is 2.65. The number of hydrogen-bond acceptors (Lipinski definition) is 2. The summed E-state index contributed by atoms with van der Waals surface area (Å²) in [6, 6.07) is 0. The summed E-state index contributed by atoms with van der Waals surface area (Å²) in [5, 5.41) is 0. The zero-order valence-corrected chi connectivity index (χ0v) is 11.8. The molecule has 0 aromatic carbocycles. The fourth-order valence-corrected chi connectivity index (χ4v) is 1.57. The molecule has 2 heteroatoms. The highest BCUT2D eigenvalue weighted by Gasteiger charge is 1.89. The zero-order valence-electron chi connectivity index (χ0n) is 11.8. The predicted octanol–water partition coefficient (Wildman–Crippen LogP) is 4.40. The Bertz CT molecular complexity index is 257. The van der Waals surface area contributed by atoms with Crippen LogP contribution in [0.5, 0.6) is 0 Å². The highest BCUT2D eigenvalue weighted by Crippen LogP contribution is 2.04. The molecule has 0 rings (SSSR count). The van der Waals surface area contributed by atoms with E-state index in [1.165, 1.54) is 12.8 Å². The summed E-state index contributed by atoms with van der Waals surface area (Å²) < 4.78 is 0. The van der Waals surface area contributed by atoms with E-state index >= 15 is 0 Å². The number of ketones is 2. The molecule has 0 saturated carbocycles. The van der Waals surface area contributed by atoms with Crippen molar-refractivity contribution in [2.45, 2.75) is 65.2 Å². The van der Waals surface area contributed by atoms with E-state index in [1.54, 1.807) is 13.8 Å². The Hall–Kier alpha value is -1.18. The largest absolute Gasteiger partial charge is 0.300 e. The second-order valence-corrected chi connectivity index (χ2v) is 4.71. The molecule has 102 valence electrons. The van der Waals surface area contributed by atoms with E-state index in [-0.39, 0.29) is 11.6 Å². The Morgan fingerprint density at radius 1 is 0.667 bits per heavy atom. The third-order valence-electron chi connectivity index (χ3n) is 2.65. The SMILES string of the molecule is CC(=O)CC/C=C/CCCC/C=C/CCC(C)=O. The molecule has 0 aliphatic rings. The van der Waals surface area contributed by atoms with Crippen LogP contribution in [0.15, 0.2) is 24.3 Å². The van der Waals surface area contributed by atoms with E-state index in [1.807, 2.05) is 0 Å². The Morgan fingerprint density at radius 3 is 1.33 bits per heavy atom. The second kappa shape index (κ2) is 12.3. The lowest BCUT2D eigenvalue weighted by atomic mass is 10.1. The molecule has 0 aromatic heterocycles. The van der Waals surface area contributed by atoms with Crippen LogP contribution in [0.1, 0.15) is 65.2 Å². The summed E-state index contributed by atoms with van der Waals surface area (Å²) in [5.74, 6) is 0.519. The number of allylic oxidation sites excluding steroid dienone is 4. The lowest BCUT2D eigenvalue weighted by Crippen LogP contribution is -1.86. The number of hydrogen-bond donors (Lipinski definition) is 0. The molecule has 0 radical (unpaired) electrons. The molecule has 0 atom stereocenters. The van der Waals surface area contributed by atoms with Gasteiger partial charge in [-0.25, -0.2) is 0 Å². The van der Waals surface area contributed by atoms with E-state index in [0.29, 0.717) is 12.8 Å². The van der Waals surface area contributed by atoms with Crippen molar-refractivity contribution < 1.29 is 9.59 Å². The van der Waals surface area contributed by atoms with Gasteiger partial charge in [0, 0.05) is 12.8 Å². The molecule has 0 heterocycles. The lowest BCUT2D eigenvalue weighted by Gasteiger charge is -1.94. The lowest BCUT2D eigenvalue weighted by molar-refractivity contribution is -0.117. The first kappa shape index (κ1) is 16.8. The van der Waals surface area contributed by atoms with Gasteiger partial charge in [-0.3, -0.25) is 0 Å². The van der Waals surface area contributed by atoms with E-state index in [0.717, 1.165) is 25.7 Å². The third kappa shape index (κ3) is 14.8. The van der Waals surface area contributed by atoms with Gasteiger partial charge in [-0.05, 0) is 52.4 Å². The molecule has 0 spiro atoms. The van der Waals surface area contributed by atoms with Gasteiger partial charge in [0.2, 0.25) is 0 Å². The van der Waals surface area contributed by atoms with Crippen molar-refractivity contribution in [3.63, 3.8) is 0 Å². The van der Waals surface area contributed by atoms with Gasteiger partial charge in [-0.15, -0.1) is 0 Å². The maximum atomic E-state index is 10.7. The maximum Gasteiger partial charge on any atom is 0.130 e. The summed E-state index contributed by atoms with van der Waals surface area (Å²) in [6.45, 7) is 3.26. The van der Waals surface area contributed by atoms with Crippen LogP contribution in [0.3, 0.4) is 0 Å². The van der Waals surface area contributed by atoms with Crippen LogP contribution in [0.4, 0.5) is 0 Å². The first-order chi connectivity index (χ1) is 8.63. The van der Waals surface area contributed by atoms with Crippen LogP contribution >= 0.6 is 0 Å². The normalized spacial score (nSPS) is 11.4. The van der Waals surface area contributed by atoms with Crippen molar-refractivity contribution in [2.75, 3.05) is 0 Å². The van der Waals surface area contributed by atoms with Crippen LogP contribution < -0.4 is 0 Å². The topological polar surface area (TPSA) is 34.1 Å². The number of carbonyl (C=O) groups is 2. The Morgan fingerprint density at radius 2 is 1.00 bits per heavy atom. The van der Waals surface area contributed by atoms with E-state index < -0.39 is 0 Å². The van der Waals surface area contributed by atoms with Crippen molar-refractivity contribution in [1.82, 2.24) is 0 Å². The first-order valence-electron chi connectivity index (χ1n) is 6.92. The molecule has 0 unspecified atom stereocenters. The van der Waals surface area contributed by atoms with Gasteiger partial charge in [0.1, 0.15) is 11.6 Å². The number of unbranched alkanes of at least 4 members (excludes halogenated alkanes) is 3. The molecule has 0 bridgehead atoms. The minimum atomic E-state index is 0.260. The van der Waals surface area contributed by atoms with Gasteiger partial charge < -0.3 is 9.59 Å².